The highest BCUT2D eigenvalue weighted by molar-refractivity contribution is 5.94. The molecule has 1 heterocycles. The van der Waals surface area contributed by atoms with E-state index in [-0.39, 0.29) is 11.3 Å². The summed E-state index contributed by atoms with van der Waals surface area (Å²) in [6.07, 6.45) is 0. The van der Waals surface area contributed by atoms with Crippen LogP contribution in [0.4, 0.5) is 10.1 Å². The normalized spacial score (nSPS) is 13.7. The highest BCUT2D eigenvalue weighted by atomic mass is 19.1. The summed E-state index contributed by atoms with van der Waals surface area (Å²) in [6.45, 7) is 1.02. The van der Waals surface area contributed by atoms with Gasteiger partial charge in [0.15, 0.2) is 0 Å². The molecule has 112 valence electrons. The van der Waals surface area contributed by atoms with Crippen LogP contribution in [0.5, 0.6) is 0 Å². The summed E-state index contributed by atoms with van der Waals surface area (Å²) in [5.74, 6) is -1.49. The number of halogens is 1. The van der Waals surface area contributed by atoms with Gasteiger partial charge in [0, 0.05) is 25.2 Å². The molecule has 0 unspecified atom stereocenters. The first kappa shape index (κ1) is 14.2. The van der Waals surface area contributed by atoms with E-state index in [1.807, 2.05) is 24.3 Å². The second-order valence-electron chi connectivity index (χ2n) is 4.99. The fourth-order valence-corrected chi connectivity index (χ4v) is 2.42. The predicted molar refractivity (Wildman–Crippen MR) is 76.2 cm³/mol. The van der Waals surface area contributed by atoms with E-state index in [0.29, 0.717) is 13.1 Å². The molecule has 3 rings (SSSR count). The molecule has 0 saturated heterocycles. The molecule has 6 nitrogen and oxygen atoms in total. The van der Waals surface area contributed by atoms with E-state index in [4.69, 9.17) is 0 Å². The molecule has 1 aliphatic heterocycles. The highest BCUT2D eigenvalue weighted by Gasteiger charge is 2.23. The van der Waals surface area contributed by atoms with Crippen molar-refractivity contribution in [2.75, 3.05) is 0 Å². The third-order valence-electron chi connectivity index (χ3n) is 3.51. The molecule has 0 spiro atoms. The largest absolute Gasteiger partial charge is 0.284 e. The lowest BCUT2D eigenvalue weighted by atomic mass is 10.1. The Bertz CT molecular complexity index is 738. The van der Waals surface area contributed by atoms with Crippen LogP contribution in [0.15, 0.2) is 42.5 Å². The second kappa shape index (κ2) is 5.53. The van der Waals surface area contributed by atoms with Gasteiger partial charge in [0.2, 0.25) is 0 Å². The van der Waals surface area contributed by atoms with Gasteiger partial charge in [-0.1, -0.05) is 24.3 Å². The molecule has 0 aromatic heterocycles. The molecular formula is C15H12FN3O3. The summed E-state index contributed by atoms with van der Waals surface area (Å²) >= 11 is 0. The van der Waals surface area contributed by atoms with Crippen molar-refractivity contribution in [2.24, 2.45) is 0 Å². The number of nitrogens with one attached hydrogen (secondary N) is 1. The maximum Gasteiger partial charge on any atom is 0.270 e. The van der Waals surface area contributed by atoms with E-state index in [1.165, 1.54) is 0 Å². The van der Waals surface area contributed by atoms with Gasteiger partial charge in [0.1, 0.15) is 5.82 Å². The lowest BCUT2D eigenvalue weighted by Crippen LogP contribution is -2.38. The second-order valence-corrected chi connectivity index (χ2v) is 4.99. The Morgan fingerprint density at radius 2 is 1.82 bits per heavy atom. The molecular weight excluding hydrogens is 289 g/mol. The number of rotatable bonds is 3. The van der Waals surface area contributed by atoms with Crippen LogP contribution in [-0.4, -0.2) is 15.8 Å². The Morgan fingerprint density at radius 3 is 2.41 bits per heavy atom. The van der Waals surface area contributed by atoms with Gasteiger partial charge in [-0.05, 0) is 17.2 Å². The van der Waals surface area contributed by atoms with Gasteiger partial charge in [-0.25, -0.2) is 9.40 Å². The molecule has 0 radical (unpaired) electrons. The van der Waals surface area contributed by atoms with Gasteiger partial charge < -0.3 is 0 Å². The zero-order valence-corrected chi connectivity index (χ0v) is 11.5. The molecule has 1 aliphatic rings. The van der Waals surface area contributed by atoms with Crippen molar-refractivity contribution >= 4 is 11.6 Å². The van der Waals surface area contributed by atoms with Gasteiger partial charge >= 0.3 is 0 Å². The number of nitrogens with zero attached hydrogens (tertiary/aromatic N) is 2. The summed E-state index contributed by atoms with van der Waals surface area (Å²) in [5, 5.41) is 12.4. The fraction of sp³-hybridized carbons (Fsp3) is 0.133. The molecule has 7 heteroatoms. The van der Waals surface area contributed by atoms with E-state index in [2.05, 4.69) is 5.43 Å². The van der Waals surface area contributed by atoms with Crippen LogP contribution in [0.1, 0.15) is 21.5 Å². The van der Waals surface area contributed by atoms with E-state index < -0.39 is 16.6 Å². The minimum absolute atomic E-state index is 0.323. The van der Waals surface area contributed by atoms with Gasteiger partial charge in [-0.15, -0.1) is 0 Å². The monoisotopic (exact) mass is 301 g/mol. The van der Waals surface area contributed by atoms with E-state index in [9.17, 15) is 19.3 Å². The molecule has 0 aliphatic carbocycles. The van der Waals surface area contributed by atoms with Crippen LogP contribution in [0.3, 0.4) is 0 Å². The van der Waals surface area contributed by atoms with Gasteiger partial charge in [0.25, 0.3) is 11.6 Å². The Balaban J connectivity index is 1.76. The zero-order chi connectivity index (χ0) is 15.7. The minimum Gasteiger partial charge on any atom is -0.284 e. The van der Waals surface area contributed by atoms with Crippen molar-refractivity contribution in [1.29, 1.82) is 0 Å². The summed E-state index contributed by atoms with van der Waals surface area (Å²) in [6, 6.07) is 10.6. The molecule has 1 N–H and O–H groups in total. The first-order valence-corrected chi connectivity index (χ1v) is 6.61. The third kappa shape index (κ3) is 2.66. The Kier molecular flexibility index (Phi) is 3.56. The SMILES string of the molecule is O=C(NN1Cc2ccccc2C1)c1cc([N+](=O)[O-])ccc1F. The third-order valence-corrected chi connectivity index (χ3v) is 3.51. The van der Waals surface area contributed by atoms with Crippen LogP contribution < -0.4 is 5.43 Å². The van der Waals surface area contributed by atoms with Gasteiger partial charge in [-0.2, -0.15) is 0 Å². The number of fused-ring (bicyclic) bond motifs is 1. The maximum absolute atomic E-state index is 13.7. The minimum atomic E-state index is -0.792. The smallest absolute Gasteiger partial charge is 0.270 e. The topological polar surface area (TPSA) is 75.5 Å². The average molecular weight is 301 g/mol. The van der Waals surface area contributed by atoms with E-state index >= 15 is 0 Å². The highest BCUT2D eigenvalue weighted by Crippen LogP contribution is 2.21. The standard InChI is InChI=1S/C15H12FN3O3/c16-14-6-5-12(19(21)22)7-13(14)15(20)17-18-8-10-3-1-2-4-11(10)9-18/h1-7H,8-9H2,(H,17,20). The number of benzene rings is 2. The summed E-state index contributed by atoms with van der Waals surface area (Å²) in [4.78, 5) is 22.2. The first-order chi connectivity index (χ1) is 10.5. The Hall–Kier alpha value is -2.80. The molecule has 1 amide bonds. The van der Waals surface area contributed by atoms with Crippen molar-refractivity contribution in [1.82, 2.24) is 10.4 Å². The van der Waals surface area contributed by atoms with Crippen molar-refractivity contribution in [3.8, 4) is 0 Å². The van der Waals surface area contributed by atoms with E-state index in [1.54, 1.807) is 5.01 Å². The number of amides is 1. The molecule has 0 bridgehead atoms. The lowest BCUT2D eigenvalue weighted by molar-refractivity contribution is -0.384. The number of hydrogen-bond donors (Lipinski definition) is 1. The van der Waals surface area contributed by atoms with Crippen LogP contribution in [0.2, 0.25) is 0 Å². The first-order valence-electron chi connectivity index (χ1n) is 6.61. The van der Waals surface area contributed by atoms with Crippen molar-refractivity contribution in [3.63, 3.8) is 0 Å². The Labute approximate surface area is 125 Å². The predicted octanol–water partition coefficient (Wildman–Crippen LogP) is 2.39. The van der Waals surface area contributed by atoms with Crippen molar-refractivity contribution < 1.29 is 14.1 Å². The number of non-ortho nitro benzene ring substituents is 1. The molecule has 2 aromatic carbocycles. The maximum atomic E-state index is 13.7. The summed E-state index contributed by atoms with van der Waals surface area (Å²) in [7, 11) is 0. The molecule has 0 atom stereocenters. The number of carbonyl (C=O) groups is 1. The molecule has 2 aromatic rings. The molecule has 0 saturated carbocycles. The van der Waals surface area contributed by atoms with Crippen LogP contribution in [-0.2, 0) is 13.1 Å². The Morgan fingerprint density at radius 1 is 1.18 bits per heavy atom. The average Bonchev–Trinajstić information content (AvgIpc) is 2.89. The number of nitro groups is 1. The van der Waals surface area contributed by atoms with E-state index in [0.717, 1.165) is 29.3 Å². The van der Waals surface area contributed by atoms with Crippen LogP contribution in [0, 0.1) is 15.9 Å². The van der Waals surface area contributed by atoms with Crippen LogP contribution >= 0.6 is 0 Å². The lowest BCUT2D eigenvalue weighted by Gasteiger charge is -2.16. The van der Waals surface area contributed by atoms with Crippen LogP contribution in [0.25, 0.3) is 0 Å². The number of hydrazine groups is 1. The number of carbonyl (C=O) groups excluding carboxylic acids is 1. The zero-order valence-electron chi connectivity index (χ0n) is 11.5. The van der Waals surface area contributed by atoms with Gasteiger partial charge in [0.05, 0.1) is 10.5 Å². The number of hydrogen-bond acceptors (Lipinski definition) is 4. The quantitative estimate of drug-likeness (QED) is 0.697. The summed E-state index contributed by atoms with van der Waals surface area (Å²) < 4.78 is 13.7. The van der Waals surface area contributed by atoms with Gasteiger partial charge in [-0.3, -0.25) is 20.3 Å². The van der Waals surface area contributed by atoms with Crippen molar-refractivity contribution in [2.45, 2.75) is 13.1 Å². The fourth-order valence-electron chi connectivity index (χ4n) is 2.42. The molecule has 0 fully saturated rings. The van der Waals surface area contributed by atoms with Crippen molar-refractivity contribution in [3.05, 3.63) is 75.1 Å². The number of nitro benzene ring substituents is 1. The summed E-state index contributed by atoms with van der Waals surface area (Å²) in [5.41, 5.74) is 4.09. The molecule has 22 heavy (non-hydrogen) atoms.